The van der Waals surface area contributed by atoms with Crippen molar-refractivity contribution in [3.63, 3.8) is 0 Å². The van der Waals surface area contributed by atoms with Crippen LogP contribution in [-0.2, 0) is 6.42 Å². The number of anilines is 2. The van der Waals surface area contributed by atoms with E-state index in [1.165, 1.54) is 36.9 Å². The van der Waals surface area contributed by atoms with Crippen LogP contribution in [0, 0.1) is 6.92 Å². The van der Waals surface area contributed by atoms with Crippen LogP contribution in [0.15, 0.2) is 28.8 Å². The van der Waals surface area contributed by atoms with Gasteiger partial charge < -0.3 is 9.42 Å². The van der Waals surface area contributed by atoms with Crippen molar-refractivity contribution in [3.05, 3.63) is 41.2 Å². The Bertz CT molecular complexity index is 603. The number of benzene rings is 1. The van der Waals surface area contributed by atoms with Gasteiger partial charge in [0.15, 0.2) is 5.82 Å². The van der Waals surface area contributed by atoms with Crippen molar-refractivity contribution < 1.29 is 4.52 Å². The minimum absolute atomic E-state index is 0.743. The number of aromatic nitrogens is 1. The Morgan fingerprint density at radius 1 is 1.35 bits per heavy atom. The van der Waals surface area contributed by atoms with Gasteiger partial charge in [-0.3, -0.25) is 0 Å². The van der Waals surface area contributed by atoms with Gasteiger partial charge in [-0.15, -0.1) is 0 Å². The third kappa shape index (κ3) is 2.33. The SMILES string of the molecule is CC[C@@H]1CCCc2cc(N(C)c3cc(C)on3)ccc21. The molecule has 0 fully saturated rings. The lowest BCUT2D eigenvalue weighted by Gasteiger charge is -2.26. The molecule has 106 valence electrons. The lowest BCUT2D eigenvalue weighted by Crippen LogP contribution is -2.13. The zero-order chi connectivity index (χ0) is 14.1. The highest BCUT2D eigenvalue weighted by Crippen LogP contribution is 2.36. The first-order valence-corrected chi connectivity index (χ1v) is 7.49. The van der Waals surface area contributed by atoms with Crippen molar-refractivity contribution in [3.8, 4) is 0 Å². The van der Waals surface area contributed by atoms with E-state index >= 15 is 0 Å². The second kappa shape index (κ2) is 5.31. The molecule has 0 aliphatic heterocycles. The Labute approximate surface area is 120 Å². The molecular formula is C17H22N2O. The van der Waals surface area contributed by atoms with Gasteiger partial charge in [0.1, 0.15) is 5.76 Å². The highest BCUT2D eigenvalue weighted by Gasteiger charge is 2.20. The van der Waals surface area contributed by atoms with Crippen molar-refractivity contribution in [1.82, 2.24) is 5.16 Å². The summed E-state index contributed by atoms with van der Waals surface area (Å²) in [7, 11) is 2.04. The molecule has 2 aromatic rings. The van der Waals surface area contributed by atoms with E-state index in [2.05, 4.69) is 35.2 Å². The molecule has 3 heteroatoms. The number of hydrogen-bond donors (Lipinski definition) is 0. The zero-order valence-electron chi connectivity index (χ0n) is 12.5. The fourth-order valence-electron chi connectivity index (χ4n) is 3.18. The molecule has 0 spiro atoms. The Hall–Kier alpha value is -1.77. The highest BCUT2D eigenvalue weighted by atomic mass is 16.5. The first-order valence-electron chi connectivity index (χ1n) is 7.49. The smallest absolute Gasteiger partial charge is 0.176 e. The summed E-state index contributed by atoms with van der Waals surface area (Å²) in [5, 5.41) is 4.09. The van der Waals surface area contributed by atoms with Crippen LogP contribution in [0.5, 0.6) is 0 Å². The molecule has 1 aromatic carbocycles. The Kier molecular flexibility index (Phi) is 3.51. The maximum absolute atomic E-state index is 5.16. The molecule has 0 radical (unpaired) electrons. The lowest BCUT2D eigenvalue weighted by molar-refractivity contribution is 0.398. The molecule has 3 rings (SSSR count). The van der Waals surface area contributed by atoms with Crippen molar-refractivity contribution in [2.45, 2.75) is 45.4 Å². The standard InChI is InChI=1S/C17H22N2O/c1-4-13-6-5-7-14-11-15(8-9-16(13)14)19(3)17-10-12(2)20-18-17/h8-11,13H,4-7H2,1-3H3/t13-/m1/s1. The summed E-state index contributed by atoms with van der Waals surface area (Å²) in [5.74, 6) is 2.45. The molecule has 0 amide bonds. The predicted octanol–water partition coefficient (Wildman–Crippen LogP) is 4.58. The summed E-state index contributed by atoms with van der Waals surface area (Å²) in [4.78, 5) is 2.09. The van der Waals surface area contributed by atoms with Crippen LogP contribution in [-0.4, -0.2) is 12.2 Å². The predicted molar refractivity (Wildman–Crippen MR) is 81.7 cm³/mol. The Balaban J connectivity index is 1.92. The van der Waals surface area contributed by atoms with Crippen LogP contribution >= 0.6 is 0 Å². The number of hydrogen-bond acceptors (Lipinski definition) is 3. The fraction of sp³-hybridized carbons (Fsp3) is 0.471. The Morgan fingerprint density at radius 2 is 2.20 bits per heavy atom. The zero-order valence-corrected chi connectivity index (χ0v) is 12.5. The van der Waals surface area contributed by atoms with Crippen LogP contribution in [0.4, 0.5) is 11.5 Å². The van der Waals surface area contributed by atoms with E-state index in [1.807, 2.05) is 20.0 Å². The third-order valence-corrected chi connectivity index (χ3v) is 4.40. The van der Waals surface area contributed by atoms with Crippen molar-refractivity contribution in [2.75, 3.05) is 11.9 Å². The van der Waals surface area contributed by atoms with E-state index in [9.17, 15) is 0 Å². The van der Waals surface area contributed by atoms with Crippen molar-refractivity contribution in [1.29, 1.82) is 0 Å². The summed E-state index contributed by atoms with van der Waals surface area (Å²) in [5.41, 5.74) is 4.24. The van der Waals surface area contributed by atoms with E-state index in [-0.39, 0.29) is 0 Å². The van der Waals surface area contributed by atoms with E-state index in [1.54, 1.807) is 5.56 Å². The van der Waals surface area contributed by atoms with Crippen molar-refractivity contribution >= 4 is 11.5 Å². The van der Waals surface area contributed by atoms with Gasteiger partial charge in [-0.05, 0) is 61.8 Å². The first kappa shape index (κ1) is 13.2. The van der Waals surface area contributed by atoms with Gasteiger partial charge in [-0.1, -0.05) is 18.1 Å². The molecule has 1 heterocycles. The molecule has 1 aliphatic rings. The molecule has 20 heavy (non-hydrogen) atoms. The largest absolute Gasteiger partial charge is 0.360 e. The van der Waals surface area contributed by atoms with Crippen molar-refractivity contribution in [2.24, 2.45) is 0 Å². The van der Waals surface area contributed by atoms with Gasteiger partial charge in [-0.25, -0.2) is 0 Å². The highest BCUT2D eigenvalue weighted by molar-refractivity contribution is 5.61. The van der Waals surface area contributed by atoms with Crippen LogP contribution < -0.4 is 4.90 Å². The van der Waals surface area contributed by atoms with Gasteiger partial charge in [-0.2, -0.15) is 0 Å². The average molecular weight is 270 g/mol. The second-order valence-electron chi connectivity index (χ2n) is 5.74. The molecule has 0 N–H and O–H groups in total. The van der Waals surface area contributed by atoms with E-state index < -0.39 is 0 Å². The maximum Gasteiger partial charge on any atom is 0.176 e. The van der Waals surface area contributed by atoms with E-state index in [0.717, 1.165) is 17.5 Å². The molecule has 1 atom stereocenters. The quantitative estimate of drug-likeness (QED) is 0.817. The average Bonchev–Trinajstić information content (AvgIpc) is 2.91. The van der Waals surface area contributed by atoms with Crippen LogP contribution in [0.1, 0.15) is 49.0 Å². The van der Waals surface area contributed by atoms with Crippen LogP contribution in [0.2, 0.25) is 0 Å². The monoisotopic (exact) mass is 270 g/mol. The van der Waals surface area contributed by atoms with Crippen LogP contribution in [0.25, 0.3) is 0 Å². The summed E-state index contributed by atoms with van der Waals surface area (Å²) >= 11 is 0. The van der Waals surface area contributed by atoms with Gasteiger partial charge in [0, 0.05) is 18.8 Å². The molecule has 0 bridgehead atoms. The van der Waals surface area contributed by atoms with Crippen LogP contribution in [0.3, 0.4) is 0 Å². The third-order valence-electron chi connectivity index (χ3n) is 4.40. The summed E-state index contributed by atoms with van der Waals surface area (Å²) in [6.45, 7) is 4.21. The number of aryl methyl sites for hydroxylation is 2. The van der Waals surface area contributed by atoms with E-state index in [4.69, 9.17) is 4.52 Å². The molecular weight excluding hydrogens is 248 g/mol. The molecule has 1 aliphatic carbocycles. The number of fused-ring (bicyclic) bond motifs is 1. The van der Waals surface area contributed by atoms with Gasteiger partial charge >= 0.3 is 0 Å². The summed E-state index contributed by atoms with van der Waals surface area (Å²) < 4.78 is 5.16. The minimum Gasteiger partial charge on any atom is -0.360 e. The topological polar surface area (TPSA) is 29.3 Å². The molecule has 3 nitrogen and oxygen atoms in total. The fourth-order valence-corrected chi connectivity index (χ4v) is 3.18. The second-order valence-corrected chi connectivity index (χ2v) is 5.74. The van der Waals surface area contributed by atoms with Gasteiger partial charge in [0.25, 0.3) is 0 Å². The molecule has 0 saturated carbocycles. The summed E-state index contributed by atoms with van der Waals surface area (Å²) in [6.07, 6.45) is 5.08. The van der Waals surface area contributed by atoms with Gasteiger partial charge in [0.2, 0.25) is 0 Å². The minimum atomic E-state index is 0.743. The molecule has 0 unspecified atom stereocenters. The number of rotatable bonds is 3. The van der Waals surface area contributed by atoms with E-state index in [0.29, 0.717) is 0 Å². The molecule has 1 aromatic heterocycles. The van der Waals surface area contributed by atoms with Gasteiger partial charge in [0.05, 0.1) is 0 Å². The maximum atomic E-state index is 5.16. The lowest BCUT2D eigenvalue weighted by atomic mass is 9.81. The number of nitrogens with zero attached hydrogens (tertiary/aromatic N) is 2. The molecule has 0 saturated heterocycles. The first-order chi connectivity index (χ1) is 9.69. The Morgan fingerprint density at radius 3 is 2.90 bits per heavy atom. The normalized spacial score (nSPS) is 17.9. The summed E-state index contributed by atoms with van der Waals surface area (Å²) in [6, 6.07) is 8.80.